The Bertz CT molecular complexity index is 144. The van der Waals surface area contributed by atoms with E-state index in [9.17, 15) is 13.2 Å². The highest BCUT2D eigenvalue weighted by Gasteiger charge is 2.25. The molecule has 0 aliphatic carbocycles. The molecule has 5 heteroatoms. The molecule has 0 heterocycles. The van der Waals surface area contributed by atoms with Crippen LogP contribution in [0.3, 0.4) is 0 Å². The van der Waals surface area contributed by atoms with Crippen LogP contribution in [0.15, 0.2) is 0 Å². The molecule has 0 amide bonds. The summed E-state index contributed by atoms with van der Waals surface area (Å²) in [5.41, 5.74) is 0. The Balaban J connectivity index is 3.52. The lowest BCUT2D eigenvalue weighted by molar-refractivity contribution is -0.135. The average Bonchev–Trinajstić information content (AvgIpc) is 2.11. The van der Waals surface area contributed by atoms with Gasteiger partial charge in [0, 0.05) is 19.6 Å². The molecule has 0 saturated carbocycles. The predicted octanol–water partition coefficient (Wildman–Crippen LogP) is 2.73. The van der Waals surface area contributed by atoms with Crippen LogP contribution < -0.4 is 5.32 Å². The summed E-state index contributed by atoms with van der Waals surface area (Å²) >= 11 is 0. The second kappa shape index (κ2) is 7.93. The molecule has 0 fully saturated rings. The summed E-state index contributed by atoms with van der Waals surface area (Å²) in [7, 11) is 1.60. The van der Waals surface area contributed by atoms with Gasteiger partial charge in [-0.15, -0.1) is 0 Å². The van der Waals surface area contributed by atoms with Crippen molar-refractivity contribution in [3.05, 3.63) is 0 Å². The van der Waals surface area contributed by atoms with Gasteiger partial charge in [-0.1, -0.05) is 13.3 Å². The van der Waals surface area contributed by atoms with Crippen molar-refractivity contribution >= 4 is 0 Å². The third-order valence-corrected chi connectivity index (χ3v) is 2.08. The van der Waals surface area contributed by atoms with Crippen LogP contribution in [0, 0.1) is 0 Å². The van der Waals surface area contributed by atoms with E-state index in [1.165, 1.54) is 0 Å². The zero-order valence-corrected chi connectivity index (χ0v) is 9.36. The molecule has 1 unspecified atom stereocenters. The number of halogens is 3. The summed E-state index contributed by atoms with van der Waals surface area (Å²) in [5.74, 6) is 0. The summed E-state index contributed by atoms with van der Waals surface area (Å²) in [6, 6.07) is 0.174. The highest BCUT2D eigenvalue weighted by Crippen LogP contribution is 2.20. The fourth-order valence-electron chi connectivity index (χ4n) is 1.39. The van der Waals surface area contributed by atoms with Crippen molar-refractivity contribution in [3.8, 4) is 0 Å². The van der Waals surface area contributed by atoms with Crippen LogP contribution in [0.4, 0.5) is 13.2 Å². The smallest absolute Gasteiger partial charge is 0.383 e. The second-order valence-corrected chi connectivity index (χ2v) is 3.61. The van der Waals surface area contributed by atoms with Crippen LogP contribution in [-0.4, -0.2) is 32.5 Å². The highest BCUT2D eigenvalue weighted by molar-refractivity contribution is 4.65. The molecule has 0 aromatic rings. The van der Waals surface area contributed by atoms with Gasteiger partial charge >= 0.3 is 6.18 Å². The maximum Gasteiger partial charge on any atom is 0.389 e. The molecule has 1 atom stereocenters. The van der Waals surface area contributed by atoms with Gasteiger partial charge in [0.05, 0.1) is 6.61 Å². The Morgan fingerprint density at radius 1 is 1.33 bits per heavy atom. The van der Waals surface area contributed by atoms with Gasteiger partial charge < -0.3 is 10.1 Å². The van der Waals surface area contributed by atoms with E-state index in [1.807, 2.05) is 6.92 Å². The van der Waals surface area contributed by atoms with Gasteiger partial charge in [0.1, 0.15) is 0 Å². The van der Waals surface area contributed by atoms with Crippen molar-refractivity contribution in [2.45, 2.75) is 44.8 Å². The molecule has 0 saturated heterocycles. The van der Waals surface area contributed by atoms with Crippen LogP contribution in [0.1, 0.15) is 32.6 Å². The van der Waals surface area contributed by atoms with Crippen LogP contribution in [0.2, 0.25) is 0 Å². The minimum absolute atomic E-state index is 0.132. The Labute approximate surface area is 89.2 Å². The summed E-state index contributed by atoms with van der Waals surface area (Å²) < 4.78 is 40.4. The molecular formula is C10H20F3NO. The van der Waals surface area contributed by atoms with Gasteiger partial charge in [-0.05, 0) is 19.4 Å². The molecule has 0 spiro atoms. The van der Waals surface area contributed by atoms with Crippen LogP contribution in [0.5, 0.6) is 0 Å². The number of hydrogen-bond acceptors (Lipinski definition) is 2. The lowest BCUT2D eigenvalue weighted by atomic mass is 10.1. The number of hydrogen-bond donors (Lipinski definition) is 1. The summed E-state index contributed by atoms with van der Waals surface area (Å²) in [6.07, 6.45) is -2.69. The molecule has 0 rings (SSSR count). The van der Waals surface area contributed by atoms with Gasteiger partial charge in [0.2, 0.25) is 0 Å². The van der Waals surface area contributed by atoms with Crippen molar-refractivity contribution in [1.29, 1.82) is 0 Å². The Morgan fingerprint density at radius 3 is 2.47 bits per heavy atom. The van der Waals surface area contributed by atoms with Crippen LogP contribution >= 0.6 is 0 Å². The normalized spacial score (nSPS) is 14.2. The first-order valence-electron chi connectivity index (χ1n) is 5.28. The van der Waals surface area contributed by atoms with Crippen molar-refractivity contribution in [2.75, 3.05) is 20.3 Å². The standard InChI is InChI=1S/C10H20F3NO/c1-3-5-9(8-15-2)14-7-4-6-10(11,12)13/h9,14H,3-8H2,1-2H3. The maximum absolute atomic E-state index is 11.8. The summed E-state index contributed by atoms with van der Waals surface area (Å²) in [6.45, 7) is 2.99. The molecule has 0 bridgehead atoms. The SMILES string of the molecule is CCCC(COC)NCCCC(F)(F)F. The van der Waals surface area contributed by atoms with Gasteiger partial charge in [-0.3, -0.25) is 0 Å². The van der Waals surface area contributed by atoms with E-state index >= 15 is 0 Å². The average molecular weight is 227 g/mol. The molecule has 0 radical (unpaired) electrons. The first-order chi connectivity index (χ1) is 6.99. The summed E-state index contributed by atoms with van der Waals surface area (Å²) in [5, 5.41) is 3.07. The number of alkyl halides is 3. The quantitative estimate of drug-likeness (QED) is 0.644. The number of nitrogens with one attached hydrogen (secondary N) is 1. The van der Waals surface area contributed by atoms with E-state index in [0.29, 0.717) is 13.2 Å². The van der Waals surface area contributed by atoms with E-state index in [2.05, 4.69) is 5.32 Å². The van der Waals surface area contributed by atoms with Gasteiger partial charge in [0.25, 0.3) is 0 Å². The van der Waals surface area contributed by atoms with E-state index in [1.54, 1.807) is 7.11 Å². The third-order valence-electron chi connectivity index (χ3n) is 2.08. The van der Waals surface area contributed by atoms with Gasteiger partial charge in [0.15, 0.2) is 0 Å². The molecule has 2 nitrogen and oxygen atoms in total. The van der Waals surface area contributed by atoms with Crippen LogP contribution in [-0.2, 0) is 4.74 Å². The molecule has 1 N–H and O–H groups in total. The van der Waals surface area contributed by atoms with Crippen LogP contribution in [0.25, 0.3) is 0 Å². The summed E-state index contributed by atoms with van der Waals surface area (Å²) in [4.78, 5) is 0. The van der Waals surface area contributed by atoms with E-state index < -0.39 is 12.6 Å². The molecular weight excluding hydrogens is 207 g/mol. The predicted molar refractivity (Wildman–Crippen MR) is 53.9 cm³/mol. The first-order valence-corrected chi connectivity index (χ1v) is 5.28. The van der Waals surface area contributed by atoms with Gasteiger partial charge in [-0.2, -0.15) is 13.2 Å². The fourth-order valence-corrected chi connectivity index (χ4v) is 1.39. The molecule has 0 aliphatic heterocycles. The Kier molecular flexibility index (Phi) is 7.78. The number of methoxy groups -OCH3 is 1. The third kappa shape index (κ3) is 10.0. The minimum atomic E-state index is -4.04. The molecule has 92 valence electrons. The van der Waals surface area contributed by atoms with E-state index in [-0.39, 0.29) is 12.5 Å². The Morgan fingerprint density at radius 2 is 2.00 bits per heavy atom. The molecule has 0 aromatic carbocycles. The maximum atomic E-state index is 11.8. The molecule has 0 aromatic heterocycles. The number of rotatable bonds is 8. The van der Waals surface area contributed by atoms with Gasteiger partial charge in [-0.25, -0.2) is 0 Å². The van der Waals surface area contributed by atoms with Crippen molar-refractivity contribution < 1.29 is 17.9 Å². The topological polar surface area (TPSA) is 21.3 Å². The molecule has 15 heavy (non-hydrogen) atoms. The zero-order valence-electron chi connectivity index (χ0n) is 9.36. The largest absolute Gasteiger partial charge is 0.389 e. The fraction of sp³-hybridized carbons (Fsp3) is 1.00. The zero-order chi connectivity index (χ0) is 11.7. The Hall–Kier alpha value is -0.290. The van der Waals surface area contributed by atoms with Crippen molar-refractivity contribution in [3.63, 3.8) is 0 Å². The van der Waals surface area contributed by atoms with E-state index in [4.69, 9.17) is 4.74 Å². The minimum Gasteiger partial charge on any atom is -0.383 e. The number of ether oxygens (including phenoxy) is 1. The second-order valence-electron chi connectivity index (χ2n) is 3.61. The lowest BCUT2D eigenvalue weighted by Crippen LogP contribution is -2.34. The highest BCUT2D eigenvalue weighted by atomic mass is 19.4. The molecule has 0 aliphatic rings. The van der Waals surface area contributed by atoms with E-state index in [0.717, 1.165) is 12.8 Å². The lowest BCUT2D eigenvalue weighted by Gasteiger charge is -2.17. The monoisotopic (exact) mass is 227 g/mol. The van der Waals surface area contributed by atoms with Crippen molar-refractivity contribution in [1.82, 2.24) is 5.32 Å². The van der Waals surface area contributed by atoms with Crippen molar-refractivity contribution in [2.24, 2.45) is 0 Å². The first kappa shape index (κ1) is 14.7.